The number of esters is 2. The van der Waals surface area contributed by atoms with Gasteiger partial charge in [-0.2, -0.15) is 0 Å². The highest BCUT2D eigenvalue weighted by atomic mass is 16.6. The average molecular weight is 453 g/mol. The van der Waals surface area contributed by atoms with E-state index in [2.05, 4.69) is 20.8 Å². The lowest BCUT2D eigenvalue weighted by Crippen LogP contribution is -2.40. The normalized spacial score (nSPS) is 30.2. The minimum atomic E-state index is -1.03. The summed E-state index contributed by atoms with van der Waals surface area (Å²) in [6, 6.07) is 7.27. The summed E-state index contributed by atoms with van der Waals surface area (Å²) in [5.74, 6) is -1.16. The van der Waals surface area contributed by atoms with Crippen molar-refractivity contribution in [2.45, 2.75) is 71.4 Å². The van der Waals surface area contributed by atoms with E-state index in [1.807, 2.05) is 18.2 Å². The summed E-state index contributed by atoms with van der Waals surface area (Å²) in [7, 11) is 1.30. The molecule has 7 nitrogen and oxygen atoms in total. The van der Waals surface area contributed by atoms with E-state index in [4.69, 9.17) is 14.5 Å². The molecular weight excluding hydrogens is 420 g/mol. The van der Waals surface area contributed by atoms with E-state index in [1.165, 1.54) is 7.11 Å². The molecule has 5 atom stereocenters. The number of hydrogen-bond donors (Lipinski definition) is 0. The molecule has 0 spiro atoms. The molecule has 1 aromatic heterocycles. The molecule has 2 fully saturated rings. The summed E-state index contributed by atoms with van der Waals surface area (Å²) < 4.78 is 12.7. The maximum absolute atomic E-state index is 13.3. The van der Waals surface area contributed by atoms with E-state index in [1.54, 1.807) is 10.6 Å². The van der Waals surface area contributed by atoms with Gasteiger partial charge >= 0.3 is 11.9 Å². The fourth-order valence-corrected chi connectivity index (χ4v) is 6.60. The van der Waals surface area contributed by atoms with Gasteiger partial charge < -0.3 is 9.47 Å². The van der Waals surface area contributed by atoms with Gasteiger partial charge in [0.25, 0.3) is 5.56 Å². The number of benzene rings is 1. The molecule has 5 rings (SSSR count). The molecule has 3 unspecified atom stereocenters. The summed E-state index contributed by atoms with van der Waals surface area (Å²) in [6.45, 7) is 7.26. The zero-order chi connectivity index (χ0) is 23.5. The minimum absolute atomic E-state index is 0.0765. The van der Waals surface area contributed by atoms with Crippen molar-refractivity contribution in [2.24, 2.45) is 22.7 Å². The second-order valence-corrected chi connectivity index (χ2v) is 10.8. The topological polar surface area (TPSA) is 87.5 Å². The van der Waals surface area contributed by atoms with Crippen LogP contribution in [0.3, 0.4) is 0 Å². The standard InChI is InChI=1S/C26H32N2O5/c1-25(2)16-9-11-26(25,3)20(14-16)33-24(31)18(23(30)32-4)13-15-10-12-28-21(15)27-19-8-6-5-7-17(19)22(28)29/h5-8,15-16,18,20H,9-14H2,1-4H3/t15?,16?,18?,20-,26-/m1/s1. The molecule has 0 N–H and O–H groups in total. The summed E-state index contributed by atoms with van der Waals surface area (Å²) in [4.78, 5) is 43.6. The Morgan fingerprint density at radius 2 is 1.94 bits per heavy atom. The molecule has 176 valence electrons. The predicted molar refractivity (Wildman–Crippen MR) is 123 cm³/mol. The van der Waals surface area contributed by atoms with Crippen LogP contribution in [0.5, 0.6) is 0 Å². The zero-order valence-corrected chi connectivity index (χ0v) is 19.8. The second kappa shape index (κ2) is 7.67. The molecule has 2 aromatic rings. The number of rotatable bonds is 5. The highest BCUT2D eigenvalue weighted by Crippen LogP contribution is 2.66. The number of para-hydroxylation sites is 1. The largest absolute Gasteiger partial charge is 0.468 e. The molecule has 2 aliphatic carbocycles. The SMILES string of the molecule is COC(=O)C(CC1CCn2c1nc1ccccc1c2=O)C(=O)O[C@@H]1CC2CC[C@@]1(C)C2(C)C. The van der Waals surface area contributed by atoms with Crippen molar-refractivity contribution >= 4 is 22.8 Å². The highest BCUT2D eigenvalue weighted by molar-refractivity contribution is 5.95. The first kappa shape index (κ1) is 22.1. The molecule has 7 heteroatoms. The highest BCUT2D eigenvalue weighted by Gasteiger charge is 2.63. The Morgan fingerprint density at radius 1 is 1.18 bits per heavy atom. The van der Waals surface area contributed by atoms with Crippen LogP contribution in [0.2, 0.25) is 0 Å². The van der Waals surface area contributed by atoms with E-state index in [0.717, 1.165) is 19.3 Å². The van der Waals surface area contributed by atoms with Gasteiger partial charge in [0.1, 0.15) is 11.9 Å². The maximum atomic E-state index is 13.3. The van der Waals surface area contributed by atoms with Crippen LogP contribution >= 0.6 is 0 Å². The number of aromatic nitrogens is 2. The second-order valence-electron chi connectivity index (χ2n) is 10.8. The lowest BCUT2D eigenvalue weighted by molar-refractivity contribution is -0.170. The molecule has 1 aliphatic heterocycles. The van der Waals surface area contributed by atoms with Gasteiger partial charge in [-0.1, -0.05) is 32.9 Å². The maximum Gasteiger partial charge on any atom is 0.320 e. The Morgan fingerprint density at radius 3 is 2.61 bits per heavy atom. The van der Waals surface area contributed by atoms with Gasteiger partial charge in [-0.3, -0.25) is 19.0 Å². The summed E-state index contributed by atoms with van der Waals surface area (Å²) in [5.41, 5.74) is 0.583. The van der Waals surface area contributed by atoms with Crippen molar-refractivity contribution in [1.29, 1.82) is 0 Å². The van der Waals surface area contributed by atoms with Crippen molar-refractivity contribution in [3.63, 3.8) is 0 Å². The van der Waals surface area contributed by atoms with Crippen molar-refractivity contribution in [2.75, 3.05) is 7.11 Å². The van der Waals surface area contributed by atoms with Crippen molar-refractivity contribution in [1.82, 2.24) is 9.55 Å². The molecule has 33 heavy (non-hydrogen) atoms. The molecular formula is C26H32N2O5. The van der Waals surface area contributed by atoms with Crippen molar-refractivity contribution in [3.05, 3.63) is 40.4 Å². The lowest BCUT2D eigenvalue weighted by Gasteiger charge is -2.38. The predicted octanol–water partition coefficient (Wildman–Crippen LogP) is 3.82. The van der Waals surface area contributed by atoms with Gasteiger partial charge in [-0.05, 0) is 55.6 Å². The number of nitrogens with zero attached hydrogens (tertiary/aromatic N) is 2. The van der Waals surface area contributed by atoms with Gasteiger partial charge in [-0.15, -0.1) is 0 Å². The van der Waals surface area contributed by atoms with E-state index in [9.17, 15) is 14.4 Å². The van der Waals surface area contributed by atoms with Gasteiger partial charge in [-0.25, -0.2) is 4.98 Å². The van der Waals surface area contributed by atoms with Crippen molar-refractivity contribution in [3.8, 4) is 0 Å². The molecule has 3 aliphatic rings. The van der Waals surface area contributed by atoms with Crippen LogP contribution in [-0.2, 0) is 25.6 Å². The number of ether oxygens (including phenoxy) is 2. The van der Waals surface area contributed by atoms with E-state index < -0.39 is 17.9 Å². The summed E-state index contributed by atoms with van der Waals surface area (Å²) in [5, 5.41) is 0.581. The fourth-order valence-electron chi connectivity index (χ4n) is 6.60. The molecule has 0 saturated heterocycles. The molecule has 2 heterocycles. The Balaban J connectivity index is 1.39. The third kappa shape index (κ3) is 3.22. The van der Waals surface area contributed by atoms with Gasteiger partial charge in [0, 0.05) is 17.9 Å². The third-order valence-electron chi connectivity index (χ3n) is 9.22. The van der Waals surface area contributed by atoms with Crippen LogP contribution < -0.4 is 5.56 Å². The zero-order valence-electron chi connectivity index (χ0n) is 19.8. The fraction of sp³-hybridized carbons (Fsp3) is 0.615. The first-order valence-electron chi connectivity index (χ1n) is 11.9. The minimum Gasteiger partial charge on any atom is -0.468 e. The molecule has 0 amide bonds. The van der Waals surface area contributed by atoms with Crippen LogP contribution in [0, 0.1) is 22.7 Å². The molecule has 2 bridgehead atoms. The Kier molecular flexibility index (Phi) is 5.14. The number of hydrogen-bond acceptors (Lipinski definition) is 6. The van der Waals surface area contributed by atoms with Crippen LogP contribution in [-0.4, -0.2) is 34.7 Å². The first-order valence-corrected chi connectivity index (χ1v) is 11.9. The Hall–Kier alpha value is -2.70. The van der Waals surface area contributed by atoms with Crippen LogP contribution in [0.25, 0.3) is 10.9 Å². The number of fused-ring (bicyclic) bond motifs is 4. The summed E-state index contributed by atoms with van der Waals surface area (Å²) >= 11 is 0. The molecule has 2 saturated carbocycles. The number of methoxy groups -OCH3 is 1. The number of carbonyl (C=O) groups excluding carboxylic acids is 2. The summed E-state index contributed by atoms with van der Waals surface area (Å²) in [6.07, 6.45) is 3.72. The van der Waals surface area contributed by atoms with Gasteiger partial charge in [0.05, 0.1) is 18.0 Å². The Bertz CT molecular complexity index is 1180. The van der Waals surface area contributed by atoms with Gasteiger partial charge in [0.15, 0.2) is 5.92 Å². The average Bonchev–Trinajstić information content (AvgIpc) is 3.36. The molecule has 1 aromatic carbocycles. The van der Waals surface area contributed by atoms with Gasteiger partial charge in [0.2, 0.25) is 0 Å². The molecule has 0 radical (unpaired) electrons. The van der Waals surface area contributed by atoms with Crippen molar-refractivity contribution < 1.29 is 19.1 Å². The quantitative estimate of drug-likeness (QED) is 0.506. The Labute approximate surface area is 193 Å². The number of carbonyl (C=O) groups is 2. The van der Waals surface area contributed by atoms with E-state index in [-0.39, 0.29) is 34.8 Å². The van der Waals surface area contributed by atoms with Crippen LogP contribution in [0.1, 0.15) is 64.6 Å². The first-order chi connectivity index (χ1) is 15.7. The third-order valence-corrected chi connectivity index (χ3v) is 9.22. The van der Waals surface area contributed by atoms with E-state index >= 15 is 0 Å². The smallest absolute Gasteiger partial charge is 0.320 e. The van der Waals surface area contributed by atoms with Crippen LogP contribution in [0.4, 0.5) is 0 Å². The van der Waals surface area contributed by atoms with Crippen LogP contribution in [0.15, 0.2) is 29.1 Å². The van der Waals surface area contributed by atoms with E-state index in [0.29, 0.717) is 35.6 Å². The lowest BCUT2D eigenvalue weighted by atomic mass is 9.70. The monoisotopic (exact) mass is 452 g/mol.